The standard InChI is InChI=1S/C10H12BrClO/c1-10(2,3)9-7(11)4-6(13)5-8(9)12/h4-5,13H,1-3H3. The lowest BCUT2D eigenvalue weighted by Crippen LogP contribution is -2.12. The molecule has 0 spiro atoms. The van der Waals surface area contributed by atoms with Crippen molar-refractivity contribution in [1.82, 2.24) is 0 Å². The zero-order valence-corrected chi connectivity index (χ0v) is 10.2. The molecular formula is C10H12BrClO. The topological polar surface area (TPSA) is 20.2 Å². The molecule has 0 aliphatic carbocycles. The molecule has 1 aromatic rings. The predicted molar refractivity (Wildman–Crippen MR) is 59.5 cm³/mol. The third-order valence-electron chi connectivity index (χ3n) is 1.78. The van der Waals surface area contributed by atoms with Crippen molar-refractivity contribution in [1.29, 1.82) is 0 Å². The molecule has 0 atom stereocenters. The molecule has 0 heterocycles. The van der Waals surface area contributed by atoms with Crippen LogP contribution in [0.5, 0.6) is 5.75 Å². The average molecular weight is 264 g/mol. The lowest BCUT2D eigenvalue weighted by Gasteiger charge is -2.22. The molecule has 0 fully saturated rings. The molecule has 1 N–H and O–H groups in total. The number of aromatic hydroxyl groups is 1. The Morgan fingerprint density at radius 2 is 1.85 bits per heavy atom. The Labute approximate surface area is 91.9 Å². The molecule has 0 unspecified atom stereocenters. The summed E-state index contributed by atoms with van der Waals surface area (Å²) in [6.45, 7) is 6.24. The smallest absolute Gasteiger partial charge is 0.118 e. The first-order valence-electron chi connectivity index (χ1n) is 4.01. The fourth-order valence-electron chi connectivity index (χ4n) is 1.28. The fourth-order valence-corrected chi connectivity index (χ4v) is 2.93. The molecule has 0 aromatic heterocycles. The summed E-state index contributed by atoms with van der Waals surface area (Å²) >= 11 is 9.42. The fraction of sp³-hybridized carbons (Fsp3) is 0.400. The van der Waals surface area contributed by atoms with Crippen LogP contribution in [0, 0.1) is 0 Å². The summed E-state index contributed by atoms with van der Waals surface area (Å²) in [5.41, 5.74) is 0.996. The molecule has 1 rings (SSSR count). The zero-order valence-electron chi connectivity index (χ0n) is 7.86. The van der Waals surface area contributed by atoms with Crippen LogP contribution >= 0.6 is 27.5 Å². The van der Waals surface area contributed by atoms with E-state index in [2.05, 4.69) is 36.7 Å². The van der Waals surface area contributed by atoms with Crippen LogP contribution in [0.1, 0.15) is 26.3 Å². The number of phenols is 1. The van der Waals surface area contributed by atoms with Crippen molar-refractivity contribution in [3.63, 3.8) is 0 Å². The molecule has 72 valence electrons. The number of rotatable bonds is 0. The second kappa shape index (κ2) is 3.50. The minimum atomic E-state index is -0.0242. The summed E-state index contributed by atoms with van der Waals surface area (Å²) in [4.78, 5) is 0. The van der Waals surface area contributed by atoms with Crippen LogP contribution in [0.25, 0.3) is 0 Å². The van der Waals surface area contributed by atoms with Gasteiger partial charge in [0, 0.05) is 9.50 Å². The van der Waals surface area contributed by atoms with Gasteiger partial charge < -0.3 is 5.11 Å². The van der Waals surface area contributed by atoms with Crippen LogP contribution in [-0.2, 0) is 5.41 Å². The van der Waals surface area contributed by atoms with Gasteiger partial charge in [-0.25, -0.2) is 0 Å². The lowest BCUT2D eigenvalue weighted by molar-refractivity contribution is 0.473. The number of halogens is 2. The van der Waals surface area contributed by atoms with Crippen LogP contribution in [0.15, 0.2) is 16.6 Å². The van der Waals surface area contributed by atoms with Crippen molar-refractivity contribution < 1.29 is 5.11 Å². The maximum Gasteiger partial charge on any atom is 0.118 e. The first kappa shape index (κ1) is 10.9. The van der Waals surface area contributed by atoms with Crippen molar-refractivity contribution in [2.24, 2.45) is 0 Å². The molecule has 1 nitrogen and oxygen atoms in total. The Hall–Kier alpha value is -0.210. The first-order valence-corrected chi connectivity index (χ1v) is 5.18. The molecular weight excluding hydrogens is 251 g/mol. The monoisotopic (exact) mass is 262 g/mol. The Kier molecular flexibility index (Phi) is 2.93. The van der Waals surface area contributed by atoms with E-state index in [-0.39, 0.29) is 11.2 Å². The lowest BCUT2D eigenvalue weighted by atomic mass is 9.87. The molecule has 3 heteroatoms. The summed E-state index contributed by atoms with van der Waals surface area (Å²) in [5, 5.41) is 9.87. The maximum absolute atomic E-state index is 9.27. The SMILES string of the molecule is CC(C)(C)c1c(Cl)cc(O)cc1Br. The summed E-state index contributed by atoms with van der Waals surface area (Å²) in [7, 11) is 0. The summed E-state index contributed by atoms with van der Waals surface area (Å²) in [5.74, 6) is 0.185. The van der Waals surface area contributed by atoms with Gasteiger partial charge in [0.1, 0.15) is 5.75 Å². The van der Waals surface area contributed by atoms with Crippen LogP contribution in [0.2, 0.25) is 5.02 Å². The summed E-state index contributed by atoms with van der Waals surface area (Å²) < 4.78 is 0.852. The number of benzene rings is 1. The highest BCUT2D eigenvalue weighted by Crippen LogP contribution is 2.37. The molecule has 13 heavy (non-hydrogen) atoms. The average Bonchev–Trinajstić information content (AvgIpc) is 1.78. The normalized spacial score (nSPS) is 11.8. The molecule has 0 aliphatic heterocycles. The van der Waals surface area contributed by atoms with Gasteiger partial charge in [0.25, 0.3) is 0 Å². The van der Waals surface area contributed by atoms with Gasteiger partial charge in [0.15, 0.2) is 0 Å². The second-order valence-corrected chi connectivity index (χ2v) is 5.30. The molecule has 0 saturated heterocycles. The van der Waals surface area contributed by atoms with E-state index in [1.807, 2.05) is 0 Å². The van der Waals surface area contributed by atoms with Gasteiger partial charge in [-0.15, -0.1) is 0 Å². The Morgan fingerprint density at radius 3 is 2.23 bits per heavy atom. The third kappa shape index (κ3) is 2.38. The van der Waals surface area contributed by atoms with E-state index in [9.17, 15) is 5.11 Å². The van der Waals surface area contributed by atoms with Gasteiger partial charge in [0.05, 0.1) is 0 Å². The molecule has 0 radical (unpaired) electrons. The number of phenolic OH excluding ortho intramolecular Hbond substituents is 1. The highest BCUT2D eigenvalue weighted by molar-refractivity contribution is 9.10. The summed E-state index contributed by atoms with van der Waals surface area (Å²) in [6.07, 6.45) is 0. The van der Waals surface area contributed by atoms with E-state index in [4.69, 9.17) is 11.6 Å². The van der Waals surface area contributed by atoms with E-state index in [1.165, 1.54) is 0 Å². The molecule has 0 aliphatic rings. The second-order valence-electron chi connectivity index (χ2n) is 4.03. The van der Waals surface area contributed by atoms with Crippen molar-refractivity contribution in [2.75, 3.05) is 0 Å². The highest BCUT2D eigenvalue weighted by Gasteiger charge is 2.20. The van der Waals surface area contributed by atoms with Crippen LogP contribution in [-0.4, -0.2) is 5.11 Å². The molecule has 0 amide bonds. The van der Waals surface area contributed by atoms with Gasteiger partial charge >= 0.3 is 0 Å². The maximum atomic E-state index is 9.27. The quantitative estimate of drug-likeness (QED) is 0.747. The van der Waals surface area contributed by atoms with Crippen molar-refractivity contribution in [3.05, 3.63) is 27.2 Å². The minimum Gasteiger partial charge on any atom is -0.508 e. The zero-order chi connectivity index (χ0) is 10.2. The van der Waals surface area contributed by atoms with E-state index in [0.29, 0.717) is 5.02 Å². The Balaban J connectivity index is 3.38. The molecule has 1 aromatic carbocycles. The minimum absolute atomic E-state index is 0.0242. The van der Waals surface area contributed by atoms with E-state index in [1.54, 1.807) is 12.1 Å². The van der Waals surface area contributed by atoms with E-state index < -0.39 is 0 Å². The van der Waals surface area contributed by atoms with Gasteiger partial charge in [0.2, 0.25) is 0 Å². The number of hydrogen-bond donors (Lipinski definition) is 1. The highest BCUT2D eigenvalue weighted by atomic mass is 79.9. The van der Waals surface area contributed by atoms with E-state index >= 15 is 0 Å². The van der Waals surface area contributed by atoms with Gasteiger partial charge in [-0.2, -0.15) is 0 Å². The summed E-state index contributed by atoms with van der Waals surface area (Å²) in [6, 6.07) is 3.22. The molecule has 0 saturated carbocycles. The predicted octanol–water partition coefficient (Wildman–Crippen LogP) is 4.11. The largest absolute Gasteiger partial charge is 0.508 e. The first-order chi connectivity index (χ1) is 5.82. The van der Waals surface area contributed by atoms with Crippen molar-refractivity contribution >= 4 is 27.5 Å². The Morgan fingerprint density at radius 1 is 1.31 bits per heavy atom. The van der Waals surface area contributed by atoms with Crippen molar-refractivity contribution in [2.45, 2.75) is 26.2 Å². The van der Waals surface area contributed by atoms with Crippen LogP contribution < -0.4 is 0 Å². The van der Waals surface area contributed by atoms with Gasteiger partial charge in [-0.1, -0.05) is 48.3 Å². The van der Waals surface area contributed by atoms with Crippen molar-refractivity contribution in [3.8, 4) is 5.75 Å². The van der Waals surface area contributed by atoms with Crippen LogP contribution in [0.4, 0.5) is 0 Å². The molecule has 0 bridgehead atoms. The third-order valence-corrected chi connectivity index (χ3v) is 2.70. The van der Waals surface area contributed by atoms with Gasteiger partial charge in [-0.3, -0.25) is 0 Å². The van der Waals surface area contributed by atoms with Crippen LogP contribution in [0.3, 0.4) is 0 Å². The number of hydrogen-bond acceptors (Lipinski definition) is 1. The van der Waals surface area contributed by atoms with E-state index in [0.717, 1.165) is 10.0 Å². The van der Waals surface area contributed by atoms with Gasteiger partial charge in [-0.05, 0) is 23.1 Å². The Bertz CT molecular complexity index is 305.